The first kappa shape index (κ1) is 11.0. The summed E-state index contributed by atoms with van der Waals surface area (Å²) in [5, 5.41) is 10.1. The topological polar surface area (TPSA) is 57.6 Å². The van der Waals surface area contributed by atoms with Crippen molar-refractivity contribution in [2.45, 2.75) is 12.8 Å². The van der Waals surface area contributed by atoms with Crippen LogP contribution in [0.3, 0.4) is 0 Å². The molecule has 1 heterocycles. The Morgan fingerprint density at radius 1 is 1.11 bits per heavy atom. The molecule has 1 fully saturated rings. The van der Waals surface area contributed by atoms with Crippen LogP contribution in [-0.4, -0.2) is 34.8 Å². The molecule has 18 heavy (non-hydrogen) atoms. The zero-order chi connectivity index (χ0) is 12.7. The number of likely N-dealkylation sites (tertiary alicyclic amines) is 1. The number of carbonyl (C=O) groups is 2. The summed E-state index contributed by atoms with van der Waals surface area (Å²) in [6, 6.07) is 6.77. The normalized spacial score (nSPS) is 18.4. The maximum Gasteiger partial charge on any atom is 0.261 e. The minimum Gasteiger partial charge on any atom is -0.506 e. The van der Waals surface area contributed by atoms with Crippen molar-refractivity contribution in [2.75, 3.05) is 13.1 Å². The molecule has 0 bridgehead atoms. The van der Waals surface area contributed by atoms with Crippen LogP contribution in [0.25, 0.3) is 5.76 Å². The Hall–Kier alpha value is -2.10. The first-order valence-electron chi connectivity index (χ1n) is 6.07. The molecule has 0 atom stereocenters. The van der Waals surface area contributed by atoms with Gasteiger partial charge in [-0.1, -0.05) is 24.3 Å². The highest BCUT2D eigenvalue weighted by molar-refractivity contribution is 6.33. The first-order valence-corrected chi connectivity index (χ1v) is 6.07. The van der Waals surface area contributed by atoms with Gasteiger partial charge in [-0.25, -0.2) is 0 Å². The molecule has 3 rings (SSSR count). The molecule has 0 radical (unpaired) electrons. The van der Waals surface area contributed by atoms with E-state index in [1.165, 1.54) is 0 Å². The predicted octanol–water partition coefficient (Wildman–Crippen LogP) is 1.77. The lowest BCUT2D eigenvalue weighted by Crippen LogP contribution is -2.31. The molecule has 1 aromatic carbocycles. The molecule has 0 saturated carbocycles. The SMILES string of the molecule is O=C1C(C(=O)N2CCCC2)=C(O)c2ccccc21. The molecule has 1 aliphatic carbocycles. The van der Waals surface area contributed by atoms with Gasteiger partial charge in [-0.15, -0.1) is 0 Å². The monoisotopic (exact) mass is 243 g/mol. The van der Waals surface area contributed by atoms with E-state index in [1.807, 2.05) is 0 Å². The molecular formula is C14H13NO3. The summed E-state index contributed by atoms with van der Waals surface area (Å²) < 4.78 is 0. The van der Waals surface area contributed by atoms with Crippen LogP contribution < -0.4 is 0 Å². The van der Waals surface area contributed by atoms with Gasteiger partial charge in [-0.2, -0.15) is 0 Å². The summed E-state index contributed by atoms with van der Waals surface area (Å²) in [6.07, 6.45) is 1.92. The molecule has 0 aromatic heterocycles. The van der Waals surface area contributed by atoms with E-state index in [9.17, 15) is 14.7 Å². The van der Waals surface area contributed by atoms with E-state index in [1.54, 1.807) is 29.2 Å². The molecule has 0 unspecified atom stereocenters. The van der Waals surface area contributed by atoms with Crippen molar-refractivity contribution >= 4 is 17.4 Å². The Labute approximate surface area is 105 Å². The molecule has 1 aliphatic heterocycles. The Bertz CT molecular complexity index is 568. The maximum atomic E-state index is 12.2. The third kappa shape index (κ3) is 1.45. The number of amides is 1. The van der Waals surface area contributed by atoms with Crippen LogP contribution in [0.15, 0.2) is 29.8 Å². The quantitative estimate of drug-likeness (QED) is 0.765. The summed E-state index contributed by atoms with van der Waals surface area (Å²) in [4.78, 5) is 26.0. The van der Waals surface area contributed by atoms with Gasteiger partial charge in [0.05, 0.1) is 0 Å². The van der Waals surface area contributed by atoms with Gasteiger partial charge in [0.25, 0.3) is 5.91 Å². The smallest absolute Gasteiger partial charge is 0.261 e. The molecule has 4 heteroatoms. The van der Waals surface area contributed by atoms with Crippen molar-refractivity contribution in [1.29, 1.82) is 0 Å². The van der Waals surface area contributed by atoms with Gasteiger partial charge in [0.1, 0.15) is 11.3 Å². The van der Waals surface area contributed by atoms with Crippen molar-refractivity contribution < 1.29 is 14.7 Å². The first-order chi connectivity index (χ1) is 8.70. The molecule has 1 saturated heterocycles. The number of fused-ring (bicyclic) bond motifs is 1. The van der Waals surface area contributed by atoms with E-state index in [2.05, 4.69) is 0 Å². The second kappa shape index (κ2) is 3.98. The summed E-state index contributed by atoms with van der Waals surface area (Å²) in [5.41, 5.74) is 0.806. The highest BCUT2D eigenvalue weighted by Crippen LogP contribution is 2.32. The number of ketones is 1. The molecule has 1 amide bonds. The Morgan fingerprint density at radius 3 is 2.33 bits per heavy atom. The lowest BCUT2D eigenvalue weighted by Gasteiger charge is -2.15. The van der Waals surface area contributed by atoms with Crippen molar-refractivity contribution in [2.24, 2.45) is 0 Å². The fourth-order valence-corrected chi connectivity index (χ4v) is 2.54. The maximum absolute atomic E-state index is 12.2. The van der Waals surface area contributed by atoms with Crippen LogP contribution in [-0.2, 0) is 4.79 Å². The number of benzene rings is 1. The molecule has 0 spiro atoms. The van der Waals surface area contributed by atoms with Gasteiger partial charge in [0, 0.05) is 24.2 Å². The summed E-state index contributed by atoms with van der Waals surface area (Å²) in [5.74, 6) is -0.876. The van der Waals surface area contributed by atoms with Gasteiger partial charge in [0.15, 0.2) is 0 Å². The van der Waals surface area contributed by atoms with E-state index in [0.29, 0.717) is 24.2 Å². The highest BCUT2D eigenvalue weighted by Gasteiger charge is 2.36. The molecular weight excluding hydrogens is 230 g/mol. The minimum atomic E-state index is -0.361. The number of rotatable bonds is 1. The largest absolute Gasteiger partial charge is 0.506 e. The number of hydrogen-bond donors (Lipinski definition) is 1. The molecule has 1 N–H and O–H groups in total. The lowest BCUT2D eigenvalue weighted by atomic mass is 10.1. The summed E-state index contributed by atoms with van der Waals surface area (Å²) in [7, 11) is 0. The summed E-state index contributed by atoms with van der Waals surface area (Å²) >= 11 is 0. The average Bonchev–Trinajstić information content (AvgIpc) is 2.99. The third-order valence-electron chi connectivity index (χ3n) is 3.50. The van der Waals surface area contributed by atoms with E-state index in [0.717, 1.165) is 12.8 Å². The van der Waals surface area contributed by atoms with Crippen LogP contribution in [0.4, 0.5) is 0 Å². The number of carbonyl (C=O) groups excluding carboxylic acids is 2. The fraction of sp³-hybridized carbons (Fsp3) is 0.286. The van der Waals surface area contributed by atoms with Gasteiger partial charge >= 0.3 is 0 Å². The van der Waals surface area contributed by atoms with Crippen LogP contribution in [0.5, 0.6) is 0 Å². The zero-order valence-electron chi connectivity index (χ0n) is 9.85. The van der Waals surface area contributed by atoms with Crippen molar-refractivity contribution in [3.63, 3.8) is 0 Å². The molecule has 4 nitrogen and oxygen atoms in total. The van der Waals surface area contributed by atoms with E-state index in [4.69, 9.17) is 0 Å². The van der Waals surface area contributed by atoms with E-state index >= 15 is 0 Å². The second-order valence-corrected chi connectivity index (χ2v) is 4.60. The second-order valence-electron chi connectivity index (χ2n) is 4.60. The Kier molecular flexibility index (Phi) is 2.44. The van der Waals surface area contributed by atoms with Crippen LogP contribution in [0, 0.1) is 0 Å². The van der Waals surface area contributed by atoms with Crippen LogP contribution in [0.2, 0.25) is 0 Å². The standard InChI is InChI=1S/C14H13NO3/c16-12-9-5-1-2-6-10(9)13(17)11(12)14(18)15-7-3-4-8-15/h1-2,5-6,16H,3-4,7-8H2. The molecule has 1 aromatic rings. The number of hydrogen-bond acceptors (Lipinski definition) is 3. The van der Waals surface area contributed by atoms with Crippen molar-refractivity contribution in [1.82, 2.24) is 4.90 Å². The zero-order valence-corrected chi connectivity index (χ0v) is 9.85. The van der Waals surface area contributed by atoms with Gasteiger partial charge in [0.2, 0.25) is 5.78 Å². The van der Waals surface area contributed by atoms with Gasteiger partial charge in [-0.3, -0.25) is 9.59 Å². The van der Waals surface area contributed by atoms with Gasteiger partial charge < -0.3 is 10.0 Å². The Balaban J connectivity index is 2.01. The third-order valence-corrected chi connectivity index (χ3v) is 3.50. The predicted molar refractivity (Wildman–Crippen MR) is 66.1 cm³/mol. The lowest BCUT2D eigenvalue weighted by molar-refractivity contribution is -0.125. The van der Waals surface area contributed by atoms with Gasteiger partial charge in [-0.05, 0) is 12.8 Å². The molecule has 2 aliphatic rings. The van der Waals surface area contributed by atoms with E-state index < -0.39 is 0 Å². The number of aliphatic hydroxyl groups excluding tert-OH is 1. The van der Waals surface area contributed by atoms with Crippen LogP contribution >= 0.6 is 0 Å². The van der Waals surface area contributed by atoms with Crippen molar-refractivity contribution in [3.05, 3.63) is 41.0 Å². The van der Waals surface area contributed by atoms with Crippen LogP contribution in [0.1, 0.15) is 28.8 Å². The summed E-state index contributed by atoms with van der Waals surface area (Å²) in [6.45, 7) is 1.33. The molecule has 92 valence electrons. The number of Topliss-reactive ketones (excluding diaryl/α,β-unsaturated/α-hetero) is 1. The Morgan fingerprint density at radius 2 is 1.72 bits per heavy atom. The van der Waals surface area contributed by atoms with Crippen molar-refractivity contribution in [3.8, 4) is 0 Å². The number of aliphatic hydroxyl groups is 1. The average molecular weight is 243 g/mol. The highest BCUT2D eigenvalue weighted by atomic mass is 16.3. The minimum absolute atomic E-state index is 0.0712. The fourth-order valence-electron chi connectivity index (χ4n) is 2.54. The number of nitrogens with zero attached hydrogens (tertiary/aromatic N) is 1. The van der Waals surface area contributed by atoms with E-state index in [-0.39, 0.29) is 23.0 Å².